The molecule has 0 aliphatic carbocycles. The molecule has 0 atom stereocenters. The number of nitrogens with one attached hydrogen (secondary N) is 1. The van der Waals surface area contributed by atoms with E-state index in [1.54, 1.807) is 0 Å². The van der Waals surface area contributed by atoms with Gasteiger partial charge in [-0.05, 0) is 19.5 Å². The molecule has 2 aromatic rings. The number of para-hydroxylation sites is 1. The van der Waals surface area contributed by atoms with Crippen molar-refractivity contribution in [2.75, 3.05) is 13.7 Å². The lowest BCUT2D eigenvalue weighted by molar-refractivity contribution is 0.103. The number of ether oxygens (including phenoxy) is 1. The molecule has 3 heteroatoms. The van der Waals surface area contributed by atoms with Gasteiger partial charge in [-0.1, -0.05) is 44.4 Å². The van der Waals surface area contributed by atoms with Gasteiger partial charge < -0.3 is 14.5 Å². The molecule has 3 nitrogen and oxygen atoms in total. The Labute approximate surface area is 121 Å². The predicted octanol–water partition coefficient (Wildman–Crippen LogP) is 4.25. The van der Waals surface area contributed by atoms with E-state index in [0.717, 1.165) is 30.9 Å². The van der Waals surface area contributed by atoms with Crippen LogP contribution in [0.3, 0.4) is 0 Å². The van der Waals surface area contributed by atoms with E-state index < -0.39 is 0 Å². The molecular weight excluding hydrogens is 250 g/mol. The van der Waals surface area contributed by atoms with Crippen LogP contribution in [-0.4, -0.2) is 13.7 Å². The van der Waals surface area contributed by atoms with Crippen molar-refractivity contribution >= 4 is 11.0 Å². The molecule has 0 aliphatic heterocycles. The van der Waals surface area contributed by atoms with Gasteiger partial charge in [0.25, 0.3) is 0 Å². The minimum absolute atomic E-state index is 0.567. The second-order valence-corrected chi connectivity index (χ2v) is 5.14. The molecular formula is C17H25NO2. The van der Waals surface area contributed by atoms with Crippen molar-refractivity contribution in [1.82, 2.24) is 5.32 Å². The van der Waals surface area contributed by atoms with Gasteiger partial charge in [0.15, 0.2) is 0 Å². The van der Waals surface area contributed by atoms with Crippen LogP contribution in [0.1, 0.15) is 43.9 Å². The molecule has 0 fully saturated rings. The fourth-order valence-electron chi connectivity index (χ4n) is 2.43. The number of rotatable bonds is 9. The van der Waals surface area contributed by atoms with Gasteiger partial charge in [0.1, 0.15) is 18.0 Å². The maximum Gasteiger partial charge on any atom is 0.135 e. The van der Waals surface area contributed by atoms with Crippen LogP contribution in [0.5, 0.6) is 0 Å². The smallest absolute Gasteiger partial charge is 0.135 e. The topological polar surface area (TPSA) is 34.4 Å². The van der Waals surface area contributed by atoms with E-state index >= 15 is 0 Å². The van der Waals surface area contributed by atoms with Crippen LogP contribution in [0.2, 0.25) is 0 Å². The van der Waals surface area contributed by atoms with Crippen LogP contribution in [0.15, 0.2) is 28.7 Å². The van der Waals surface area contributed by atoms with Crippen molar-refractivity contribution in [3.8, 4) is 0 Å². The highest BCUT2D eigenvalue weighted by molar-refractivity contribution is 5.82. The Morgan fingerprint density at radius 1 is 1.15 bits per heavy atom. The van der Waals surface area contributed by atoms with E-state index in [-0.39, 0.29) is 0 Å². The van der Waals surface area contributed by atoms with E-state index in [9.17, 15) is 0 Å². The third kappa shape index (κ3) is 3.84. The highest BCUT2D eigenvalue weighted by atomic mass is 16.5. The summed E-state index contributed by atoms with van der Waals surface area (Å²) in [6.45, 7) is 4.42. The molecule has 20 heavy (non-hydrogen) atoms. The van der Waals surface area contributed by atoms with Gasteiger partial charge in [0, 0.05) is 24.1 Å². The van der Waals surface area contributed by atoms with Gasteiger partial charge in [-0.25, -0.2) is 0 Å². The Balaban J connectivity index is 1.96. The molecule has 0 amide bonds. The molecule has 0 saturated heterocycles. The quantitative estimate of drug-likeness (QED) is 0.695. The van der Waals surface area contributed by atoms with Crippen molar-refractivity contribution in [3.63, 3.8) is 0 Å². The van der Waals surface area contributed by atoms with Crippen LogP contribution in [0.25, 0.3) is 11.0 Å². The average Bonchev–Trinajstić information content (AvgIpc) is 2.81. The predicted molar refractivity (Wildman–Crippen MR) is 82.8 cm³/mol. The number of fused-ring (bicyclic) bond motifs is 1. The summed E-state index contributed by atoms with van der Waals surface area (Å²) in [5.74, 6) is 0.955. The molecule has 0 spiro atoms. The second kappa shape index (κ2) is 8.08. The number of furan rings is 1. The van der Waals surface area contributed by atoms with Gasteiger partial charge in [0.2, 0.25) is 0 Å². The van der Waals surface area contributed by atoms with E-state index in [0.29, 0.717) is 6.61 Å². The fraction of sp³-hybridized carbons (Fsp3) is 0.529. The molecule has 2 rings (SSSR count). The van der Waals surface area contributed by atoms with Gasteiger partial charge in [-0.2, -0.15) is 0 Å². The fourth-order valence-corrected chi connectivity index (χ4v) is 2.43. The van der Waals surface area contributed by atoms with Gasteiger partial charge in [0.05, 0.1) is 0 Å². The molecule has 1 aromatic heterocycles. The van der Waals surface area contributed by atoms with Gasteiger partial charge in [-0.15, -0.1) is 0 Å². The summed E-state index contributed by atoms with van der Waals surface area (Å²) in [5, 5.41) is 4.39. The van der Waals surface area contributed by atoms with Crippen LogP contribution < -0.4 is 5.32 Å². The Morgan fingerprint density at radius 3 is 2.80 bits per heavy atom. The molecule has 1 aromatic carbocycles. The van der Waals surface area contributed by atoms with Crippen molar-refractivity contribution in [2.24, 2.45) is 0 Å². The van der Waals surface area contributed by atoms with Crippen LogP contribution in [-0.2, 0) is 17.9 Å². The van der Waals surface area contributed by atoms with E-state index in [2.05, 4.69) is 18.3 Å². The Kier molecular flexibility index (Phi) is 6.09. The summed E-state index contributed by atoms with van der Waals surface area (Å²) >= 11 is 0. The zero-order chi connectivity index (χ0) is 14.2. The van der Waals surface area contributed by atoms with Crippen molar-refractivity contribution < 1.29 is 9.15 Å². The number of unbranched alkanes of at least 4 members (excludes halogenated alkanes) is 3. The normalized spacial score (nSPS) is 11.3. The Morgan fingerprint density at radius 2 is 2.00 bits per heavy atom. The number of benzene rings is 1. The molecule has 0 aliphatic rings. The largest absolute Gasteiger partial charge is 0.458 e. The minimum atomic E-state index is 0.567. The lowest BCUT2D eigenvalue weighted by Gasteiger charge is -2.04. The maximum atomic E-state index is 5.91. The summed E-state index contributed by atoms with van der Waals surface area (Å²) in [6.07, 6.45) is 4.93. The average molecular weight is 275 g/mol. The summed E-state index contributed by atoms with van der Waals surface area (Å²) in [5.41, 5.74) is 2.17. The first kappa shape index (κ1) is 15.1. The van der Waals surface area contributed by atoms with Gasteiger partial charge in [-0.3, -0.25) is 0 Å². The summed E-state index contributed by atoms with van der Waals surface area (Å²) in [6, 6.07) is 8.17. The Bertz CT molecular complexity index is 519. The third-order valence-corrected chi connectivity index (χ3v) is 3.51. The molecule has 0 unspecified atom stereocenters. The molecule has 0 saturated carbocycles. The monoisotopic (exact) mass is 275 g/mol. The molecule has 1 N–H and O–H groups in total. The van der Waals surface area contributed by atoms with E-state index in [1.807, 2.05) is 25.2 Å². The summed E-state index contributed by atoms with van der Waals surface area (Å²) < 4.78 is 11.7. The highest BCUT2D eigenvalue weighted by Crippen LogP contribution is 2.26. The zero-order valence-corrected chi connectivity index (χ0v) is 12.6. The molecule has 0 radical (unpaired) electrons. The first-order valence-electron chi connectivity index (χ1n) is 7.58. The summed E-state index contributed by atoms with van der Waals surface area (Å²) in [4.78, 5) is 0. The van der Waals surface area contributed by atoms with Crippen LogP contribution in [0.4, 0.5) is 0 Å². The first-order valence-corrected chi connectivity index (χ1v) is 7.58. The molecule has 0 bridgehead atoms. The van der Waals surface area contributed by atoms with Gasteiger partial charge >= 0.3 is 0 Å². The highest BCUT2D eigenvalue weighted by Gasteiger charge is 2.12. The van der Waals surface area contributed by atoms with Crippen molar-refractivity contribution in [3.05, 3.63) is 35.6 Å². The van der Waals surface area contributed by atoms with E-state index in [1.165, 1.54) is 30.2 Å². The van der Waals surface area contributed by atoms with Crippen LogP contribution >= 0.6 is 0 Å². The summed E-state index contributed by atoms with van der Waals surface area (Å²) in [7, 11) is 1.96. The van der Waals surface area contributed by atoms with Crippen LogP contribution in [0, 0.1) is 0 Å². The lowest BCUT2D eigenvalue weighted by atomic mass is 10.1. The lowest BCUT2D eigenvalue weighted by Crippen LogP contribution is -2.07. The number of hydrogen-bond acceptors (Lipinski definition) is 3. The van der Waals surface area contributed by atoms with Crippen molar-refractivity contribution in [2.45, 2.75) is 45.8 Å². The number of hydrogen-bond donors (Lipinski definition) is 1. The standard InChI is InChI=1S/C17H25NO2/c1-3-4-5-8-11-19-13-17-15(12-18-2)14-9-6-7-10-16(14)20-17/h6-7,9-10,18H,3-5,8,11-13H2,1-2H3. The SMILES string of the molecule is CCCCCCOCc1oc2ccccc2c1CNC. The minimum Gasteiger partial charge on any atom is -0.458 e. The zero-order valence-electron chi connectivity index (χ0n) is 12.6. The molecule has 1 heterocycles. The molecule has 110 valence electrons. The van der Waals surface area contributed by atoms with E-state index in [4.69, 9.17) is 9.15 Å². The Hall–Kier alpha value is -1.32. The maximum absolute atomic E-state index is 5.91. The first-order chi connectivity index (χ1) is 9.86. The van der Waals surface area contributed by atoms with Crippen molar-refractivity contribution in [1.29, 1.82) is 0 Å². The second-order valence-electron chi connectivity index (χ2n) is 5.14. The third-order valence-electron chi connectivity index (χ3n) is 3.51.